The molecule has 0 aliphatic rings. The van der Waals surface area contributed by atoms with Crippen molar-refractivity contribution in [3.05, 3.63) is 29.8 Å². The molecule has 12 heteroatoms. The van der Waals surface area contributed by atoms with Crippen LogP contribution < -0.4 is 21.7 Å². The van der Waals surface area contributed by atoms with Gasteiger partial charge in [0.2, 0.25) is 17.7 Å². The van der Waals surface area contributed by atoms with E-state index in [4.69, 9.17) is 10.8 Å². The lowest BCUT2D eigenvalue weighted by Crippen LogP contribution is -2.59. The number of phenolic OH excluding ortho intramolecular Hbond substituents is 1. The van der Waals surface area contributed by atoms with E-state index in [1.54, 1.807) is 27.7 Å². The second kappa shape index (κ2) is 14.0. The molecule has 1 rings (SSSR count). The van der Waals surface area contributed by atoms with E-state index in [0.717, 1.165) is 0 Å². The van der Waals surface area contributed by atoms with Crippen molar-refractivity contribution in [3.63, 3.8) is 0 Å². The Kier molecular flexibility index (Phi) is 11.8. The molecule has 0 aromatic heterocycles. The molecule has 1 aromatic rings. The predicted octanol–water partition coefficient (Wildman–Crippen LogP) is -0.0222. The van der Waals surface area contributed by atoms with Crippen LogP contribution >= 0.6 is 0 Å². The van der Waals surface area contributed by atoms with E-state index in [9.17, 15) is 34.2 Å². The van der Waals surface area contributed by atoms with Crippen LogP contribution in [-0.4, -0.2) is 69.1 Å². The molecule has 4 unspecified atom stereocenters. The van der Waals surface area contributed by atoms with Crippen LogP contribution in [0.3, 0.4) is 0 Å². The van der Waals surface area contributed by atoms with E-state index in [2.05, 4.69) is 16.0 Å². The van der Waals surface area contributed by atoms with Gasteiger partial charge in [0, 0.05) is 12.8 Å². The molecule has 200 valence electrons. The number of carboxylic acids is 2. The standard InChI is InChI=1S/C24H36N4O8/c1-12(2)19(25)22(33)26-16(9-10-18(30)31)21(32)28-20(13(3)4)23(34)27-17(24(35)36)11-14-5-7-15(29)8-6-14/h5-8,12-13,16-17,19-20,29H,9-11,25H2,1-4H3,(H,26,33)(H,27,34)(H,28,32)(H,30,31)(H,35,36). The molecule has 0 saturated carbocycles. The predicted molar refractivity (Wildman–Crippen MR) is 130 cm³/mol. The normalized spacial score (nSPS) is 14.4. The first-order valence-electron chi connectivity index (χ1n) is 11.6. The van der Waals surface area contributed by atoms with Crippen molar-refractivity contribution in [1.82, 2.24) is 16.0 Å². The summed E-state index contributed by atoms with van der Waals surface area (Å²) in [5, 5.41) is 35.4. The van der Waals surface area contributed by atoms with Gasteiger partial charge in [-0.1, -0.05) is 39.8 Å². The van der Waals surface area contributed by atoms with Gasteiger partial charge in [0.05, 0.1) is 6.04 Å². The highest BCUT2D eigenvalue weighted by Crippen LogP contribution is 2.12. The van der Waals surface area contributed by atoms with Gasteiger partial charge < -0.3 is 37.0 Å². The monoisotopic (exact) mass is 508 g/mol. The van der Waals surface area contributed by atoms with Crippen molar-refractivity contribution < 1.29 is 39.3 Å². The maximum absolute atomic E-state index is 13.0. The SMILES string of the molecule is CC(C)C(N)C(=O)NC(CCC(=O)O)C(=O)NC(C(=O)NC(Cc1ccc(O)cc1)C(=O)O)C(C)C. The van der Waals surface area contributed by atoms with Crippen LogP contribution in [0.5, 0.6) is 5.75 Å². The van der Waals surface area contributed by atoms with Crippen LogP contribution in [0.4, 0.5) is 0 Å². The van der Waals surface area contributed by atoms with Gasteiger partial charge in [0.15, 0.2) is 0 Å². The number of benzene rings is 1. The molecule has 0 saturated heterocycles. The quantitative estimate of drug-likeness (QED) is 0.180. The Morgan fingerprint density at radius 3 is 1.83 bits per heavy atom. The van der Waals surface area contributed by atoms with Gasteiger partial charge in [-0.05, 0) is 36.0 Å². The fourth-order valence-corrected chi connectivity index (χ4v) is 3.23. The van der Waals surface area contributed by atoms with Crippen molar-refractivity contribution in [3.8, 4) is 5.75 Å². The third kappa shape index (κ3) is 9.90. The summed E-state index contributed by atoms with van der Waals surface area (Å²) in [6.07, 6.45) is -0.713. The molecule has 36 heavy (non-hydrogen) atoms. The van der Waals surface area contributed by atoms with E-state index in [1.165, 1.54) is 24.3 Å². The van der Waals surface area contributed by atoms with Crippen LogP contribution in [0.25, 0.3) is 0 Å². The Morgan fingerprint density at radius 2 is 1.36 bits per heavy atom. The molecule has 0 radical (unpaired) electrons. The number of hydrogen-bond acceptors (Lipinski definition) is 7. The number of carbonyl (C=O) groups is 5. The summed E-state index contributed by atoms with van der Waals surface area (Å²) < 4.78 is 0. The van der Waals surface area contributed by atoms with E-state index >= 15 is 0 Å². The number of aromatic hydroxyl groups is 1. The second-order valence-electron chi connectivity index (χ2n) is 9.26. The zero-order valence-electron chi connectivity index (χ0n) is 20.9. The summed E-state index contributed by atoms with van der Waals surface area (Å²) in [6.45, 7) is 6.71. The highest BCUT2D eigenvalue weighted by Gasteiger charge is 2.32. The molecule has 0 fully saturated rings. The van der Waals surface area contributed by atoms with Gasteiger partial charge in [-0.2, -0.15) is 0 Å². The molecule has 3 amide bonds. The maximum Gasteiger partial charge on any atom is 0.326 e. The van der Waals surface area contributed by atoms with Gasteiger partial charge in [0.25, 0.3) is 0 Å². The van der Waals surface area contributed by atoms with Crippen molar-refractivity contribution in [2.75, 3.05) is 0 Å². The summed E-state index contributed by atoms with van der Waals surface area (Å²) in [5.41, 5.74) is 6.38. The van der Waals surface area contributed by atoms with E-state index in [0.29, 0.717) is 5.56 Å². The average Bonchev–Trinajstić information content (AvgIpc) is 2.79. The molecule has 0 aliphatic heterocycles. The first kappa shape index (κ1) is 30.4. The molecule has 0 heterocycles. The van der Waals surface area contributed by atoms with Crippen LogP contribution in [-0.2, 0) is 30.4 Å². The zero-order chi connectivity index (χ0) is 27.6. The number of carboxylic acid groups (broad SMARTS) is 2. The van der Waals surface area contributed by atoms with Crippen molar-refractivity contribution in [1.29, 1.82) is 0 Å². The molecular weight excluding hydrogens is 472 g/mol. The third-order valence-corrected chi connectivity index (χ3v) is 5.54. The minimum Gasteiger partial charge on any atom is -0.508 e. The molecule has 4 atom stereocenters. The van der Waals surface area contributed by atoms with Crippen molar-refractivity contribution >= 4 is 29.7 Å². The maximum atomic E-state index is 13.0. The summed E-state index contributed by atoms with van der Waals surface area (Å²) >= 11 is 0. The first-order valence-corrected chi connectivity index (χ1v) is 11.6. The summed E-state index contributed by atoms with van der Waals surface area (Å²) in [5.74, 6) is -5.34. The van der Waals surface area contributed by atoms with Crippen LogP contribution in [0, 0.1) is 11.8 Å². The topological polar surface area (TPSA) is 208 Å². The van der Waals surface area contributed by atoms with E-state index in [1.807, 2.05) is 0 Å². The molecule has 0 bridgehead atoms. The molecule has 0 aliphatic carbocycles. The number of phenols is 1. The summed E-state index contributed by atoms with van der Waals surface area (Å²) in [4.78, 5) is 61.1. The Hall–Kier alpha value is -3.67. The minimum atomic E-state index is -1.31. The Morgan fingerprint density at radius 1 is 0.806 bits per heavy atom. The summed E-state index contributed by atoms with van der Waals surface area (Å²) in [7, 11) is 0. The zero-order valence-corrected chi connectivity index (χ0v) is 20.9. The van der Waals surface area contributed by atoms with Crippen molar-refractivity contribution in [2.24, 2.45) is 17.6 Å². The first-order chi connectivity index (χ1) is 16.7. The number of amides is 3. The number of rotatable bonds is 14. The number of aliphatic carboxylic acids is 2. The molecule has 12 nitrogen and oxygen atoms in total. The molecule has 1 aromatic carbocycles. The van der Waals surface area contributed by atoms with Crippen LogP contribution in [0.15, 0.2) is 24.3 Å². The van der Waals surface area contributed by atoms with E-state index in [-0.39, 0.29) is 24.5 Å². The Bertz CT molecular complexity index is 933. The lowest BCUT2D eigenvalue weighted by Gasteiger charge is -2.27. The lowest BCUT2D eigenvalue weighted by molar-refractivity contribution is -0.142. The van der Waals surface area contributed by atoms with Gasteiger partial charge in [-0.3, -0.25) is 19.2 Å². The minimum absolute atomic E-state index is 0.0103. The Labute approximate surface area is 209 Å². The number of carbonyl (C=O) groups excluding carboxylic acids is 3. The average molecular weight is 509 g/mol. The lowest BCUT2D eigenvalue weighted by atomic mass is 10.00. The van der Waals surface area contributed by atoms with Gasteiger partial charge in [-0.15, -0.1) is 0 Å². The highest BCUT2D eigenvalue weighted by atomic mass is 16.4. The fraction of sp³-hybridized carbons (Fsp3) is 0.542. The Balaban J connectivity index is 3.00. The molecule has 0 spiro atoms. The van der Waals surface area contributed by atoms with Gasteiger partial charge in [0.1, 0.15) is 23.9 Å². The van der Waals surface area contributed by atoms with Gasteiger partial charge in [-0.25, -0.2) is 4.79 Å². The van der Waals surface area contributed by atoms with Crippen LogP contribution in [0.2, 0.25) is 0 Å². The number of nitrogens with two attached hydrogens (primary N) is 1. The van der Waals surface area contributed by atoms with Crippen molar-refractivity contribution in [2.45, 2.75) is 71.1 Å². The number of nitrogens with one attached hydrogen (secondary N) is 3. The third-order valence-electron chi connectivity index (χ3n) is 5.54. The summed E-state index contributed by atoms with van der Waals surface area (Å²) in [6, 6.07) is 1.17. The van der Waals surface area contributed by atoms with Crippen LogP contribution in [0.1, 0.15) is 46.1 Å². The smallest absolute Gasteiger partial charge is 0.326 e. The molecular formula is C24H36N4O8. The fourth-order valence-electron chi connectivity index (χ4n) is 3.23. The van der Waals surface area contributed by atoms with E-state index < -0.39 is 66.2 Å². The highest BCUT2D eigenvalue weighted by molar-refractivity contribution is 5.94. The largest absolute Gasteiger partial charge is 0.508 e. The molecule has 8 N–H and O–H groups in total. The number of hydrogen-bond donors (Lipinski definition) is 7. The second-order valence-corrected chi connectivity index (χ2v) is 9.26. The van der Waals surface area contributed by atoms with Gasteiger partial charge >= 0.3 is 11.9 Å².